The van der Waals surface area contributed by atoms with Gasteiger partial charge in [-0.15, -0.1) is 0 Å². The summed E-state index contributed by atoms with van der Waals surface area (Å²) in [5, 5.41) is 0. The Labute approximate surface area is 158 Å². The topological polar surface area (TPSA) is 0 Å². The second-order valence-electron chi connectivity index (χ2n) is 7.41. The molecule has 0 aromatic heterocycles. The van der Waals surface area contributed by atoms with Crippen LogP contribution in [0, 0.1) is 47.6 Å². The molecule has 0 bridgehead atoms. The van der Waals surface area contributed by atoms with Crippen LogP contribution in [0.3, 0.4) is 0 Å². The summed E-state index contributed by atoms with van der Waals surface area (Å²) in [6, 6.07) is 19.6. The molecule has 0 aliphatic heterocycles. The van der Waals surface area contributed by atoms with E-state index < -0.39 is 0 Å². The number of hydrogen-bond donors (Lipinski definition) is 0. The number of aryl methyl sites for hydroxylation is 6. The van der Waals surface area contributed by atoms with Gasteiger partial charge in [0.1, 0.15) is 11.1 Å². The monoisotopic (exact) mass is 339 g/mol. The molecule has 130 valence electrons. The van der Waals surface area contributed by atoms with Gasteiger partial charge in [-0.1, -0.05) is 18.2 Å². The lowest BCUT2D eigenvalue weighted by Crippen LogP contribution is -1.99. The Morgan fingerprint density at radius 1 is 0.615 bits per heavy atom. The maximum Gasteiger partial charge on any atom is 0.137 e. The highest BCUT2D eigenvalue weighted by molar-refractivity contribution is 5.83. The van der Waals surface area contributed by atoms with E-state index >= 15 is 0 Å². The summed E-state index contributed by atoms with van der Waals surface area (Å²) in [6.45, 7) is 13.1. The Morgan fingerprint density at radius 2 is 1.08 bits per heavy atom. The average Bonchev–Trinajstić information content (AvgIpc) is 2.56. The summed E-state index contributed by atoms with van der Waals surface area (Å²) in [4.78, 5) is 0. The molecule has 0 aliphatic rings. The van der Waals surface area contributed by atoms with Crippen molar-refractivity contribution in [3.63, 3.8) is 0 Å². The van der Waals surface area contributed by atoms with Gasteiger partial charge in [0.05, 0.1) is 11.1 Å². The molecule has 0 spiro atoms. The highest BCUT2D eigenvalue weighted by atomic mass is 14.2. The van der Waals surface area contributed by atoms with Crippen LogP contribution in [0.15, 0.2) is 54.6 Å². The van der Waals surface area contributed by atoms with Crippen LogP contribution in [0.5, 0.6) is 0 Å². The molecule has 0 N–H and O–H groups in total. The molecule has 0 atom stereocenters. The zero-order valence-corrected chi connectivity index (χ0v) is 16.7. The van der Waals surface area contributed by atoms with Crippen LogP contribution in [0.4, 0.5) is 0 Å². The zero-order valence-electron chi connectivity index (χ0n) is 16.7. The van der Waals surface area contributed by atoms with Crippen molar-refractivity contribution in [1.82, 2.24) is 0 Å². The van der Waals surface area contributed by atoms with E-state index in [9.17, 15) is 0 Å². The normalized spacial score (nSPS) is 11.4. The highest BCUT2D eigenvalue weighted by Gasteiger charge is 2.20. The van der Waals surface area contributed by atoms with Gasteiger partial charge in [-0.25, -0.2) is 0 Å². The van der Waals surface area contributed by atoms with E-state index in [-0.39, 0.29) is 0 Å². The van der Waals surface area contributed by atoms with Gasteiger partial charge in [-0.3, -0.25) is 0 Å². The van der Waals surface area contributed by atoms with Crippen molar-refractivity contribution >= 4 is 5.57 Å². The van der Waals surface area contributed by atoms with E-state index in [1.165, 1.54) is 55.6 Å². The lowest BCUT2D eigenvalue weighted by Gasteiger charge is -2.11. The van der Waals surface area contributed by atoms with Crippen molar-refractivity contribution < 1.29 is 0 Å². The van der Waals surface area contributed by atoms with Crippen LogP contribution in [-0.4, -0.2) is 0 Å². The molecule has 0 nitrogen and oxygen atoms in total. The lowest BCUT2D eigenvalue weighted by molar-refractivity contribution is 1.26. The molecular weight excluding hydrogens is 312 g/mol. The van der Waals surface area contributed by atoms with E-state index in [4.69, 9.17) is 0 Å². The van der Waals surface area contributed by atoms with Gasteiger partial charge in [0, 0.05) is 17.2 Å². The molecule has 26 heavy (non-hydrogen) atoms. The van der Waals surface area contributed by atoms with Crippen LogP contribution in [0.2, 0.25) is 0 Å². The van der Waals surface area contributed by atoms with Crippen LogP contribution >= 0.6 is 0 Å². The van der Waals surface area contributed by atoms with Crippen LogP contribution in [0.25, 0.3) is 5.57 Å². The highest BCUT2D eigenvalue weighted by Crippen LogP contribution is 2.32. The fourth-order valence-electron chi connectivity index (χ4n) is 3.96. The predicted molar refractivity (Wildman–Crippen MR) is 113 cm³/mol. The largest absolute Gasteiger partial charge is 0.137 e. The molecule has 0 heterocycles. The minimum absolute atomic E-state index is 1.18. The van der Waals surface area contributed by atoms with E-state index in [1.54, 1.807) is 0 Å². The van der Waals surface area contributed by atoms with E-state index in [1.807, 2.05) is 0 Å². The Morgan fingerprint density at radius 3 is 1.58 bits per heavy atom. The third-order valence-corrected chi connectivity index (χ3v) is 4.92. The summed E-state index contributed by atoms with van der Waals surface area (Å²) in [7, 11) is 0. The summed E-state index contributed by atoms with van der Waals surface area (Å²) in [5.41, 5.74) is 12.6. The van der Waals surface area contributed by atoms with Crippen molar-refractivity contribution in [2.45, 2.75) is 41.5 Å². The molecule has 0 aliphatic carbocycles. The van der Waals surface area contributed by atoms with Crippen molar-refractivity contribution in [3.8, 4) is 0 Å². The third-order valence-electron chi connectivity index (χ3n) is 4.92. The quantitative estimate of drug-likeness (QED) is 0.363. The van der Waals surface area contributed by atoms with Gasteiger partial charge in [0.25, 0.3) is 0 Å². The summed E-state index contributed by atoms with van der Waals surface area (Å²) in [5.74, 6) is 0. The minimum Gasteiger partial charge on any atom is -0.0609 e. The molecule has 0 heteroatoms. The van der Waals surface area contributed by atoms with Crippen molar-refractivity contribution in [3.05, 3.63) is 111 Å². The predicted octanol–water partition coefficient (Wildman–Crippen LogP) is 6.82. The first-order valence-corrected chi connectivity index (χ1v) is 9.22. The van der Waals surface area contributed by atoms with E-state index in [0.29, 0.717) is 0 Å². The fraction of sp³-hybridized carbons (Fsp3) is 0.231. The molecule has 0 unspecified atom stereocenters. The van der Waals surface area contributed by atoms with E-state index in [2.05, 4.69) is 102 Å². The molecule has 0 fully saturated rings. The molecule has 0 amide bonds. The summed E-state index contributed by atoms with van der Waals surface area (Å²) >= 11 is 0. The summed E-state index contributed by atoms with van der Waals surface area (Å²) < 4.78 is 0. The van der Waals surface area contributed by atoms with Crippen LogP contribution < -0.4 is 0 Å². The second kappa shape index (κ2) is 7.28. The van der Waals surface area contributed by atoms with Gasteiger partial charge in [-0.05, 0) is 100 Å². The number of benzene rings is 3. The summed E-state index contributed by atoms with van der Waals surface area (Å²) in [6.07, 6.45) is 3.79. The molecule has 3 aromatic carbocycles. The van der Waals surface area contributed by atoms with Crippen molar-refractivity contribution in [1.29, 1.82) is 0 Å². The molecule has 0 saturated heterocycles. The Bertz CT molecular complexity index is 926. The minimum atomic E-state index is 1.18. The number of hydrogen-bond acceptors (Lipinski definition) is 0. The third kappa shape index (κ3) is 3.62. The lowest BCUT2D eigenvalue weighted by atomic mass is 9.87. The van der Waals surface area contributed by atoms with Crippen LogP contribution in [-0.2, 0) is 0 Å². The maximum absolute atomic E-state index is 3.79. The fourth-order valence-corrected chi connectivity index (χ4v) is 3.96. The first-order chi connectivity index (χ1) is 12.4. The molecule has 0 radical (unpaired) electrons. The van der Waals surface area contributed by atoms with Gasteiger partial charge in [-0.2, -0.15) is 0 Å². The Hall–Kier alpha value is -2.69. The van der Waals surface area contributed by atoms with Gasteiger partial charge < -0.3 is 0 Å². The molecule has 3 rings (SSSR count). The Kier molecular flexibility index (Phi) is 5.07. The van der Waals surface area contributed by atoms with Crippen molar-refractivity contribution in [2.75, 3.05) is 0 Å². The van der Waals surface area contributed by atoms with E-state index in [0.717, 1.165) is 0 Å². The smallest absolute Gasteiger partial charge is 0.0609 e. The molecule has 0 saturated carbocycles. The molecule has 3 aromatic rings. The number of rotatable bonds is 3. The van der Waals surface area contributed by atoms with Gasteiger partial charge in [0.2, 0.25) is 0 Å². The Balaban J connectivity index is 2.31. The standard InChI is InChI=1S/C26H27/c1-17-12-19(3)24(20(4)13-17)16-25(23-10-8-7-9-11-23)26-21(5)14-18(2)15-22(26)6/h7-15H,1-6H3/q+1. The molecular formula is C26H27+. The first-order valence-electron chi connectivity index (χ1n) is 9.22. The zero-order chi connectivity index (χ0) is 18.8. The second-order valence-corrected chi connectivity index (χ2v) is 7.41. The maximum atomic E-state index is 3.79. The average molecular weight is 340 g/mol. The van der Waals surface area contributed by atoms with Crippen LogP contribution in [0.1, 0.15) is 50.1 Å². The van der Waals surface area contributed by atoms with Crippen molar-refractivity contribution in [2.24, 2.45) is 0 Å². The SMILES string of the molecule is Cc1cc(C)c([C+]=C(c2ccccc2)c2c(C)cc(C)cc2C)c(C)c1. The van der Waals surface area contributed by atoms with Gasteiger partial charge in [0.15, 0.2) is 0 Å². The first kappa shape index (κ1) is 18.1. The van der Waals surface area contributed by atoms with Gasteiger partial charge >= 0.3 is 0 Å².